The Hall–Kier alpha value is -2.26. The third-order valence-electron chi connectivity index (χ3n) is 6.36. The molecule has 1 saturated heterocycles. The highest BCUT2D eigenvalue weighted by atomic mass is 32.2. The van der Waals surface area contributed by atoms with Crippen LogP contribution in [0.1, 0.15) is 48.0 Å². The van der Waals surface area contributed by atoms with Gasteiger partial charge in [0.15, 0.2) is 5.82 Å². The van der Waals surface area contributed by atoms with Gasteiger partial charge in [-0.15, -0.1) is 0 Å². The maximum Gasteiger partial charge on any atom is 0.243 e. The fourth-order valence-electron chi connectivity index (χ4n) is 4.20. The standard InChI is InChI=1S/C21H26N4O4S/c1-24(21(26)15-5-6-15)10-9-19-22-20(29-23-19)17-12-25(13-17)30(27,28)18-8-7-14-3-2-4-16(14)11-18/h7-8,11,15,17H,2-6,9-10,12-13H2,1H3. The van der Waals surface area contributed by atoms with Crippen LogP contribution in [0.4, 0.5) is 0 Å². The Morgan fingerprint density at radius 1 is 1.23 bits per heavy atom. The lowest BCUT2D eigenvalue weighted by Crippen LogP contribution is -2.48. The van der Waals surface area contributed by atoms with Crippen molar-refractivity contribution in [1.82, 2.24) is 19.3 Å². The molecule has 0 unspecified atom stereocenters. The van der Waals surface area contributed by atoms with E-state index in [9.17, 15) is 13.2 Å². The van der Waals surface area contributed by atoms with E-state index in [2.05, 4.69) is 10.1 Å². The molecule has 1 aliphatic heterocycles. The summed E-state index contributed by atoms with van der Waals surface area (Å²) in [7, 11) is -1.69. The van der Waals surface area contributed by atoms with E-state index in [1.165, 1.54) is 9.87 Å². The highest BCUT2D eigenvalue weighted by Crippen LogP contribution is 2.33. The molecule has 2 fully saturated rings. The van der Waals surface area contributed by atoms with Crippen LogP contribution in [0.2, 0.25) is 0 Å². The molecule has 2 aliphatic carbocycles. The van der Waals surface area contributed by atoms with E-state index >= 15 is 0 Å². The van der Waals surface area contributed by atoms with Crippen LogP contribution in [-0.4, -0.2) is 60.4 Å². The first-order valence-electron chi connectivity index (χ1n) is 10.6. The van der Waals surface area contributed by atoms with Gasteiger partial charge in [-0.3, -0.25) is 4.79 Å². The number of carbonyl (C=O) groups excluding carboxylic acids is 1. The molecule has 2 heterocycles. The van der Waals surface area contributed by atoms with Crippen LogP contribution < -0.4 is 0 Å². The molecule has 8 nitrogen and oxygen atoms in total. The molecule has 1 aromatic carbocycles. The Bertz CT molecular complexity index is 1070. The van der Waals surface area contributed by atoms with Gasteiger partial charge >= 0.3 is 0 Å². The molecule has 9 heteroatoms. The summed E-state index contributed by atoms with van der Waals surface area (Å²) in [5.41, 5.74) is 2.41. The topological polar surface area (TPSA) is 96.6 Å². The second-order valence-corrected chi connectivity index (χ2v) is 10.6. The summed E-state index contributed by atoms with van der Waals surface area (Å²) in [5, 5.41) is 4.00. The Morgan fingerprint density at radius 2 is 2.00 bits per heavy atom. The molecular weight excluding hydrogens is 404 g/mol. The van der Waals surface area contributed by atoms with Crippen molar-refractivity contribution >= 4 is 15.9 Å². The molecule has 30 heavy (non-hydrogen) atoms. The number of carbonyl (C=O) groups is 1. The summed E-state index contributed by atoms with van der Waals surface area (Å²) in [6, 6.07) is 5.49. The average Bonchev–Trinajstić information content (AvgIpc) is 3.25. The maximum atomic E-state index is 12.9. The van der Waals surface area contributed by atoms with Gasteiger partial charge < -0.3 is 9.42 Å². The number of aromatic nitrogens is 2. The van der Waals surface area contributed by atoms with Crippen molar-refractivity contribution in [1.29, 1.82) is 0 Å². The van der Waals surface area contributed by atoms with E-state index in [1.807, 2.05) is 12.1 Å². The normalized spacial score (nSPS) is 19.5. The first-order valence-corrected chi connectivity index (χ1v) is 12.1. The second-order valence-electron chi connectivity index (χ2n) is 8.64. The first kappa shape index (κ1) is 19.7. The van der Waals surface area contributed by atoms with Crippen molar-refractivity contribution in [2.45, 2.75) is 49.3 Å². The van der Waals surface area contributed by atoms with Crippen molar-refractivity contribution in [2.24, 2.45) is 5.92 Å². The lowest BCUT2D eigenvalue weighted by atomic mass is 10.0. The van der Waals surface area contributed by atoms with Gasteiger partial charge in [0.1, 0.15) is 0 Å². The zero-order valence-electron chi connectivity index (χ0n) is 17.1. The van der Waals surface area contributed by atoms with Gasteiger partial charge in [-0.1, -0.05) is 11.2 Å². The van der Waals surface area contributed by atoms with Crippen LogP contribution in [0.25, 0.3) is 0 Å². The predicted octanol–water partition coefficient (Wildman–Crippen LogP) is 1.76. The number of rotatable bonds is 7. The summed E-state index contributed by atoms with van der Waals surface area (Å²) in [6.07, 6.45) is 5.58. The molecule has 1 amide bonds. The Morgan fingerprint density at radius 3 is 2.77 bits per heavy atom. The lowest BCUT2D eigenvalue weighted by molar-refractivity contribution is -0.131. The molecule has 0 bridgehead atoms. The van der Waals surface area contributed by atoms with Gasteiger partial charge in [0.2, 0.25) is 21.8 Å². The van der Waals surface area contributed by atoms with Crippen LogP contribution in [-0.2, 0) is 34.1 Å². The summed E-state index contributed by atoms with van der Waals surface area (Å²) < 4.78 is 32.7. The number of sulfonamides is 1. The molecule has 1 saturated carbocycles. The zero-order chi connectivity index (χ0) is 20.9. The molecule has 1 aromatic heterocycles. The summed E-state index contributed by atoms with van der Waals surface area (Å²) in [4.78, 5) is 18.5. The quantitative estimate of drug-likeness (QED) is 0.664. The van der Waals surface area contributed by atoms with E-state index < -0.39 is 10.0 Å². The van der Waals surface area contributed by atoms with Crippen LogP contribution >= 0.6 is 0 Å². The number of nitrogens with zero attached hydrogens (tertiary/aromatic N) is 4. The van der Waals surface area contributed by atoms with Crippen molar-refractivity contribution in [3.8, 4) is 0 Å². The molecule has 0 N–H and O–H groups in total. The van der Waals surface area contributed by atoms with Crippen LogP contribution in [0.5, 0.6) is 0 Å². The fraction of sp³-hybridized carbons (Fsp3) is 0.571. The SMILES string of the molecule is CN(CCc1noc(C2CN(S(=O)(=O)c3ccc4c(c3)CCC4)C2)n1)C(=O)C1CC1. The molecule has 0 atom stereocenters. The second kappa shape index (κ2) is 7.46. The van der Waals surface area contributed by atoms with Crippen LogP contribution in [0.3, 0.4) is 0 Å². The van der Waals surface area contributed by atoms with Gasteiger partial charge in [0, 0.05) is 39.0 Å². The van der Waals surface area contributed by atoms with E-state index in [0.29, 0.717) is 42.7 Å². The Labute approximate surface area is 176 Å². The Balaban J connectivity index is 1.17. The Kier molecular flexibility index (Phi) is 4.89. The minimum atomic E-state index is -3.49. The highest BCUT2D eigenvalue weighted by molar-refractivity contribution is 7.89. The maximum absolute atomic E-state index is 12.9. The number of likely N-dealkylation sites (N-methyl/N-ethyl adjacent to an activating group) is 1. The number of amides is 1. The lowest BCUT2D eigenvalue weighted by Gasteiger charge is -2.35. The van der Waals surface area contributed by atoms with Crippen molar-refractivity contribution in [3.63, 3.8) is 0 Å². The summed E-state index contributed by atoms with van der Waals surface area (Å²) in [5.74, 6) is 1.33. The molecule has 2 aromatic rings. The number of benzene rings is 1. The first-order chi connectivity index (χ1) is 14.4. The number of hydrogen-bond donors (Lipinski definition) is 0. The van der Waals surface area contributed by atoms with Crippen LogP contribution in [0, 0.1) is 5.92 Å². The molecule has 0 spiro atoms. The van der Waals surface area contributed by atoms with Crippen LogP contribution in [0.15, 0.2) is 27.6 Å². The minimum absolute atomic E-state index is 0.0822. The van der Waals surface area contributed by atoms with Gasteiger partial charge in [0.05, 0.1) is 10.8 Å². The van der Waals surface area contributed by atoms with E-state index in [0.717, 1.165) is 37.7 Å². The highest BCUT2D eigenvalue weighted by Gasteiger charge is 2.40. The third kappa shape index (κ3) is 3.65. The molecule has 160 valence electrons. The van der Waals surface area contributed by atoms with Gasteiger partial charge in [-0.05, 0) is 55.4 Å². The molecule has 3 aliphatic rings. The molecular formula is C21H26N4O4S. The zero-order valence-corrected chi connectivity index (χ0v) is 17.9. The van der Waals surface area contributed by atoms with Crippen molar-refractivity contribution < 1.29 is 17.7 Å². The van der Waals surface area contributed by atoms with E-state index in [1.54, 1.807) is 18.0 Å². The monoisotopic (exact) mass is 430 g/mol. The fourth-order valence-corrected chi connectivity index (χ4v) is 5.78. The van der Waals surface area contributed by atoms with Crippen molar-refractivity contribution in [3.05, 3.63) is 41.0 Å². The number of fused-ring (bicyclic) bond motifs is 1. The minimum Gasteiger partial charge on any atom is -0.345 e. The third-order valence-corrected chi connectivity index (χ3v) is 8.19. The van der Waals surface area contributed by atoms with Gasteiger partial charge in [-0.25, -0.2) is 8.42 Å². The number of aryl methyl sites for hydroxylation is 2. The van der Waals surface area contributed by atoms with Crippen molar-refractivity contribution in [2.75, 3.05) is 26.7 Å². The molecule has 5 rings (SSSR count). The number of hydrogen-bond acceptors (Lipinski definition) is 6. The van der Waals surface area contributed by atoms with E-state index in [4.69, 9.17) is 4.52 Å². The predicted molar refractivity (Wildman–Crippen MR) is 108 cm³/mol. The summed E-state index contributed by atoms with van der Waals surface area (Å²) >= 11 is 0. The summed E-state index contributed by atoms with van der Waals surface area (Å²) in [6.45, 7) is 1.25. The van der Waals surface area contributed by atoms with Gasteiger partial charge in [-0.2, -0.15) is 9.29 Å². The largest absolute Gasteiger partial charge is 0.345 e. The smallest absolute Gasteiger partial charge is 0.243 e. The average molecular weight is 431 g/mol. The van der Waals surface area contributed by atoms with E-state index in [-0.39, 0.29) is 17.7 Å². The van der Waals surface area contributed by atoms with Gasteiger partial charge in [0.25, 0.3) is 0 Å². The molecule has 0 radical (unpaired) electrons.